The lowest BCUT2D eigenvalue weighted by molar-refractivity contribution is -0.184. The molecule has 0 saturated carbocycles. The van der Waals surface area contributed by atoms with Gasteiger partial charge < -0.3 is 15.3 Å². The minimum Gasteiger partial charge on any atom is -0.480 e. The molecule has 1 heterocycles. The topological polar surface area (TPSA) is 69.6 Å². The Balaban J connectivity index is 2.32. The number of nitrogens with zero attached hydrogens (tertiary/aromatic N) is 1. The number of likely N-dealkylation sites (tertiary alicyclic amines) is 1. The van der Waals surface area contributed by atoms with Crippen molar-refractivity contribution in [1.82, 2.24) is 10.2 Å². The number of carbonyl (C=O) groups excluding carboxylic acids is 1. The quantitative estimate of drug-likeness (QED) is 0.745. The Labute approximate surface area is 95.6 Å². The zero-order valence-electron chi connectivity index (χ0n) is 8.96. The summed E-state index contributed by atoms with van der Waals surface area (Å²) in [5.41, 5.74) is 0. The molecule has 1 fully saturated rings. The zero-order valence-corrected chi connectivity index (χ0v) is 8.96. The van der Waals surface area contributed by atoms with E-state index in [2.05, 4.69) is 5.32 Å². The standard InChI is InChI=1S/C9H13F3N2O3/c10-9(11,12)8(17)14-2-1-6(5-14)3-13-4-7(15)16/h6,13H,1-5H2,(H,15,16). The van der Waals surface area contributed by atoms with Crippen LogP contribution in [0.4, 0.5) is 13.2 Å². The summed E-state index contributed by atoms with van der Waals surface area (Å²) in [6.07, 6.45) is -4.38. The van der Waals surface area contributed by atoms with Crippen LogP contribution < -0.4 is 5.32 Å². The van der Waals surface area contributed by atoms with Gasteiger partial charge in [0.2, 0.25) is 0 Å². The van der Waals surface area contributed by atoms with Gasteiger partial charge in [0.15, 0.2) is 0 Å². The molecule has 0 spiro atoms. The van der Waals surface area contributed by atoms with E-state index in [1.54, 1.807) is 0 Å². The Kier molecular flexibility index (Phi) is 4.33. The number of carboxylic acid groups (broad SMARTS) is 1. The highest BCUT2D eigenvalue weighted by Gasteiger charge is 2.44. The van der Waals surface area contributed by atoms with Crippen molar-refractivity contribution in [1.29, 1.82) is 0 Å². The fourth-order valence-electron chi connectivity index (χ4n) is 1.75. The number of rotatable bonds is 4. The van der Waals surface area contributed by atoms with Crippen molar-refractivity contribution in [3.05, 3.63) is 0 Å². The van der Waals surface area contributed by atoms with Crippen molar-refractivity contribution < 1.29 is 27.9 Å². The number of carboxylic acids is 1. The van der Waals surface area contributed by atoms with Crippen molar-refractivity contribution >= 4 is 11.9 Å². The zero-order chi connectivity index (χ0) is 13.1. The van der Waals surface area contributed by atoms with Gasteiger partial charge in [-0.3, -0.25) is 9.59 Å². The van der Waals surface area contributed by atoms with Crippen LogP contribution in [-0.2, 0) is 9.59 Å². The highest BCUT2D eigenvalue weighted by atomic mass is 19.4. The number of hydrogen-bond acceptors (Lipinski definition) is 3. The van der Waals surface area contributed by atoms with E-state index >= 15 is 0 Å². The third kappa shape index (κ3) is 4.22. The first-order valence-corrected chi connectivity index (χ1v) is 5.09. The predicted molar refractivity (Wildman–Crippen MR) is 51.2 cm³/mol. The van der Waals surface area contributed by atoms with Gasteiger partial charge >= 0.3 is 18.1 Å². The lowest BCUT2D eigenvalue weighted by atomic mass is 10.1. The van der Waals surface area contributed by atoms with Crippen LogP contribution in [0, 0.1) is 5.92 Å². The molecule has 1 rings (SSSR count). The number of aliphatic carboxylic acids is 1. The third-order valence-corrected chi connectivity index (χ3v) is 2.52. The summed E-state index contributed by atoms with van der Waals surface area (Å²) >= 11 is 0. The van der Waals surface area contributed by atoms with Crippen molar-refractivity contribution in [3.63, 3.8) is 0 Å². The molecule has 0 aromatic carbocycles. The summed E-state index contributed by atoms with van der Waals surface area (Å²) in [4.78, 5) is 21.8. The Morgan fingerprint density at radius 1 is 1.41 bits per heavy atom. The molecular formula is C9H13F3N2O3. The van der Waals surface area contributed by atoms with E-state index in [-0.39, 0.29) is 25.6 Å². The van der Waals surface area contributed by atoms with Crippen LogP contribution in [0.25, 0.3) is 0 Å². The molecule has 1 saturated heterocycles. The van der Waals surface area contributed by atoms with Gasteiger partial charge in [0.25, 0.3) is 0 Å². The van der Waals surface area contributed by atoms with Crippen LogP contribution >= 0.6 is 0 Å². The Morgan fingerprint density at radius 2 is 2.06 bits per heavy atom. The minimum atomic E-state index is -4.83. The van der Waals surface area contributed by atoms with Crippen LogP contribution in [0.15, 0.2) is 0 Å². The van der Waals surface area contributed by atoms with Crippen LogP contribution in [0.3, 0.4) is 0 Å². The maximum Gasteiger partial charge on any atom is 0.471 e. The summed E-state index contributed by atoms with van der Waals surface area (Å²) in [7, 11) is 0. The van der Waals surface area contributed by atoms with Gasteiger partial charge in [-0.2, -0.15) is 13.2 Å². The first-order valence-electron chi connectivity index (χ1n) is 5.09. The predicted octanol–water partition coefficient (Wildman–Crippen LogP) is 0.0714. The molecule has 98 valence electrons. The summed E-state index contributed by atoms with van der Waals surface area (Å²) in [6, 6.07) is 0. The third-order valence-electron chi connectivity index (χ3n) is 2.52. The first kappa shape index (κ1) is 13.8. The maximum atomic E-state index is 12.1. The van der Waals surface area contributed by atoms with Gasteiger partial charge in [-0.15, -0.1) is 0 Å². The summed E-state index contributed by atoms with van der Waals surface area (Å²) in [5.74, 6) is -2.97. The van der Waals surface area contributed by atoms with Crippen molar-refractivity contribution in [2.75, 3.05) is 26.2 Å². The molecular weight excluding hydrogens is 241 g/mol. The van der Waals surface area contributed by atoms with Gasteiger partial charge in [-0.1, -0.05) is 0 Å². The second-order valence-electron chi connectivity index (χ2n) is 3.93. The number of amides is 1. The highest BCUT2D eigenvalue weighted by molar-refractivity contribution is 5.82. The lowest BCUT2D eigenvalue weighted by Crippen LogP contribution is -2.40. The van der Waals surface area contributed by atoms with Gasteiger partial charge in [0.05, 0.1) is 6.54 Å². The molecule has 1 aliphatic rings. The fraction of sp³-hybridized carbons (Fsp3) is 0.778. The van der Waals surface area contributed by atoms with Gasteiger partial charge in [0.1, 0.15) is 0 Å². The molecule has 0 bridgehead atoms. The smallest absolute Gasteiger partial charge is 0.471 e. The molecule has 1 aliphatic heterocycles. The van der Waals surface area contributed by atoms with E-state index in [1.807, 2.05) is 0 Å². The number of nitrogens with one attached hydrogen (secondary N) is 1. The second kappa shape index (κ2) is 5.35. The fourth-order valence-corrected chi connectivity index (χ4v) is 1.75. The molecule has 1 atom stereocenters. The monoisotopic (exact) mass is 254 g/mol. The molecule has 0 aliphatic carbocycles. The average molecular weight is 254 g/mol. The largest absolute Gasteiger partial charge is 0.480 e. The van der Waals surface area contributed by atoms with Crippen LogP contribution in [0.5, 0.6) is 0 Å². The Morgan fingerprint density at radius 3 is 2.59 bits per heavy atom. The van der Waals surface area contributed by atoms with E-state index in [0.717, 1.165) is 4.90 Å². The molecule has 1 unspecified atom stereocenters. The molecule has 0 radical (unpaired) electrons. The maximum absolute atomic E-state index is 12.1. The van der Waals surface area contributed by atoms with E-state index in [9.17, 15) is 22.8 Å². The molecule has 0 aromatic heterocycles. The molecule has 2 N–H and O–H groups in total. The number of carbonyl (C=O) groups is 2. The van der Waals surface area contributed by atoms with E-state index in [4.69, 9.17) is 5.11 Å². The highest BCUT2D eigenvalue weighted by Crippen LogP contribution is 2.23. The molecule has 8 heteroatoms. The Hall–Kier alpha value is -1.31. The first-order chi connectivity index (χ1) is 7.80. The second-order valence-corrected chi connectivity index (χ2v) is 3.93. The number of alkyl halides is 3. The summed E-state index contributed by atoms with van der Waals surface area (Å²) in [5, 5.41) is 11.0. The van der Waals surface area contributed by atoms with Crippen molar-refractivity contribution in [2.45, 2.75) is 12.6 Å². The van der Waals surface area contributed by atoms with Crippen LogP contribution in [-0.4, -0.2) is 54.2 Å². The van der Waals surface area contributed by atoms with E-state index < -0.39 is 18.1 Å². The molecule has 5 nitrogen and oxygen atoms in total. The normalized spacial score (nSPS) is 20.6. The summed E-state index contributed by atoms with van der Waals surface area (Å²) in [6.45, 7) is 0.153. The van der Waals surface area contributed by atoms with Crippen molar-refractivity contribution in [3.8, 4) is 0 Å². The molecule has 17 heavy (non-hydrogen) atoms. The Bertz CT molecular complexity index is 306. The number of halogens is 3. The van der Waals surface area contributed by atoms with Crippen LogP contribution in [0.2, 0.25) is 0 Å². The van der Waals surface area contributed by atoms with Crippen LogP contribution in [0.1, 0.15) is 6.42 Å². The van der Waals surface area contributed by atoms with E-state index in [0.29, 0.717) is 13.0 Å². The van der Waals surface area contributed by atoms with Crippen molar-refractivity contribution in [2.24, 2.45) is 5.92 Å². The SMILES string of the molecule is O=C(O)CNCC1CCN(C(=O)C(F)(F)F)C1. The molecule has 0 aromatic rings. The minimum absolute atomic E-state index is 0.0188. The summed E-state index contributed by atoms with van der Waals surface area (Å²) < 4.78 is 36.3. The van der Waals surface area contributed by atoms with Gasteiger partial charge in [-0.25, -0.2) is 0 Å². The average Bonchev–Trinajstić information content (AvgIpc) is 2.63. The van der Waals surface area contributed by atoms with Gasteiger partial charge in [-0.05, 0) is 12.3 Å². The van der Waals surface area contributed by atoms with Gasteiger partial charge in [0, 0.05) is 19.6 Å². The number of hydrogen-bond donors (Lipinski definition) is 2. The molecule has 1 amide bonds. The van der Waals surface area contributed by atoms with E-state index in [1.165, 1.54) is 0 Å². The lowest BCUT2D eigenvalue weighted by Gasteiger charge is -2.18.